The summed E-state index contributed by atoms with van der Waals surface area (Å²) in [6, 6.07) is -0.385. The Morgan fingerprint density at radius 3 is 2.12 bits per heavy atom. The Kier molecular flexibility index (Phi) is 3.65. The van der Waals surface area contributed by atoms with E-state index in [0.29, 0.717) is 19.5 Å². The van der Waals surface area contributed by atoms with Crippen LogP contribution in [0.5, 0.6) is 0 Å². The minimum atomic E-state index is -0.385. The second kappa shape index (κ2) is 4.34. The Morgan fingerprint density at radius 1 is 1.31 bits per heavy atom. The van der Waals surface area contributed by atoms with Crippen LogP contribution in [0.2, 0.25) is 0 Å². The highest BCUT2D eigenvalue weighted by Crippen LogP contribution is 2.28. The Balaban J connectivity index is 2.78. The Morgan fingerprint density at radius 2 is 1.75 bits per heavy atom. The lowest BCUT2D eigenvalue weighted by Crippen LogP contribution is -2.61. The molecule has 1 aliphatic rings. The summed E-state index contributed by atoms with van der Waals surface area (Å²) >= 11 is 0. The van der Waals surface area contributed by atoms with Crippen LogP contribution in [-0.4, -0.2) is 41.1 Å². The first kappa shape index (κ1) is 13.5. The summed E-state index contributed by atoms with van der Waals surface area (Å²) in [6.07, 6.45) is 0.678. The molecule has 1 heterocycles. The Hall–Kier alpha value is -0.610. The van der Waals surface area contributed by atoms with Crippen LogP contribution in [0.15, 0.2) is 0 Å². The second-order valence-corrected chi connectivity index (χ2v) is 5.83. The van der Waals surface area contributed by atoms with E-state index < -0.39 is 0 Å². The monoisotopic (exact) mass is 228 g/mol. The number of nitrogens with zero attached hydrogens (tertiary/aromatic N) is 1. The molecule has 1 aliphatic heterocycles. The molecule has 4 nitrogen and oxygen atoms in total. The maximum absolute atomic E-state index is 12.1. The normalized spacial score (nSPS) is 25.2. The van der Waals surface area contributed by atoms with Gasteiger partial charge in [0.15, 0.2) is 0 Å². The highest BCUT2D eigenvalue weighted by molar-refractivity contribution is 5.81. The average Bonchev–Trinajstić information content (AvgIpc) is 2.10. The standard InChI is InChI=1S/C12H24N2O2/c1-6-9(13)10(15)14-7-11(2,3)16-12(4,5)8-14/h9H,6-8,13H2,1-5H3. The first-order chi connectivity index (χ1) is 7.17. The fraction of sp³-hybridized carbons (Fsp3) is 0.917. The molecular formula is C12H24N2O2. The first-order valence-corrected chi connectivity index (χ1v) is 5.91. The summed E-state index contributed by atoms with van der Waals surface area (Å²) in [5.41, 5.74) is 5.19. The molecule has 1 unspecified atom stereocenters. The quantitative estimate of drug-likeness (QED) is 0.771. The number of morpholine rings is 1. The minimum absolute atomic E-state index is 0.0342. The Labute approximate surface area is 98.1 Å². The number of rotatable bonds is 2. The number of ether oxygens (including phenoxy) is 1. The molecular weight excluding hydrogens is 204 g/mol. The molecule has 4 heteroatoms. The van der Waals surface area contributed by atoms with E-state index >= 15 is 0 Å². The summed E-state index contributed by atoms with van der Waals surface area (Å²) in [4.78, 5) is 13.9. The van der Waals surface area contributed by atoms with Crippen LogP contribution in [0.1, 0.15) is 41.0 Å². The van der Waals surface area contributed by atoms with E-state index in [1.54, 1.807) is 0 Å². The van der Waals surface area contributed by atoms with Gasteiger partial charge in [-0.15, -0.1) is 0 Å². The van der Waals surface area contributed by atoms with Gasteiger partial charge in [-0.2, -0.15) is 0 Å². The van der Waals surface area contributed by atoms with E-state index in [0.717, 1.165) is 0 Å². The lowest BCUT2D eigenvalue weighted by atomic mass is 9.98. The number of hydrogen-bond donors (Lipinski definition) is 1. The summed E-state index contributed by atoms with van der Waals surface area (Å²) < 4.78 is 5.92. The molecule has 0 aromatic rings. The molecule has 0 bridgehead atoms. The average molecular weight is 228 g/mol. The zero-order valence-corrected chi connectivity index (χ0v) is 11.0. The maximum atomic E-state index is 12.1. The van der Waals surface area contributed by atoms with Gasteiger partial charge in [0.25, 0.3) is 0 Å². The van der Waals surface area contributed by atoms with Crippen molar-refractivity contribution in [3.63, 3.8) is 0 Å². The summed E-state index contributed by atoms with van der Waals surface area (Å²) in [5.74, 6) is 0.0342. The van der Waals surface area contributed by atoms with Crippen molar-refractivity contribution in [3.05, 3.63) is 0 Å². The van der Waals surface area contributed by atoms with Crippen molar-refractivity contribution in [1.82, 2.24) is 4.90 Å². The molecule has 16 heavy (non-hydrogen) atoms. The van der Waals surface area contributed by atoms with Crippen LogP contribution in [0.3, 0.4) is 0 Å². The van der Waals surface area contributed by atoms with Gasteiger partial charge in [0.2, 0.25) is 5.91 Å². The van der Waals surface area contributed by atoms with Crippen molar-refractivity contribution in [1.29, 1.82) is 0 Å². The number of amides is 1. The maximum Gasteiger partial charge on any atom is 0.239 e. The molecule has 1 rings (SSSR count). The molecule has 1 saturated heterocycles. The minimum Gasteiger partial charge on any atom is -0.366 e. The van der Waals surface area contributed by atoms with Crippen LogP contribution < -0.4 is 5.73 Å². The van der Waals surface area contributed by atoms with Gasteiger partial charge in [0, 0.05) is 13.1 Å². The van der Waals surface area contributed by atoms with Crippen LogP contribution >= 0.6 is 0 Å². The van der Waals surface area contributed by atoms with E-state index in [2.05, 4.69) is 0 Å². The summed E-state index contributed by atoms with van der Waals surface area (Å²) in [6.45, 7) is 11.2. The molecule has 0 saturated carbocycles. The third-order valence-corrected chi connectivity index (χ3v) is 2.76. The van der Waals surface area contributed by atoms with E-state index in [-0.39, 0.29) is 23.2 Å². The zero-order chi connectivity index (χ0) is 12.6. The smallest absolute Gasteiger partial charge is 0.239 e. The van der Waals surface area contributed by atoms with Crippen molar-refractivity contribution in [2.45, 2.75) is 58.3 Å². The number of hydrogen-bond acceptors (Lipinski definition) is 3. The van der Waals surface area contributed by atoms with Gasteiger partial charge >= 0.3 is 0 Å². The lowest BCUT2D eigenvalue weighted by molar-refractivity contribution is -0.188. The SMILES string of the molecule is CCC(N)C(=O)N1CC(C)(C)OC(C)(C)C1. The van der Waals surface area contributed by atoms with E-state index in [9.17, 15) is 4.79 Å². The fourth-order valence-corrected chi connectivity index (χ4v) is 2.35. The molecule has 1 amide bonds. The van der Waals surface area contributed by atoms with E-state index in [4.69, 9.17) is 10.5 Å². The third kappa shape index (κ3) is 3.19. The van der Waals surface area contributed by atoms with Gasteiger partial charge in [-0.3, -0.25) is 4.79 Å². The van der Waals surface area contributed by atoms with E-state index in [1.807, 2.05) is 39.5 Å². The molecule has 1 atom stereocenters. The van der Waals surface area contributed by atoms with Gasteiger partial charge in [0.05, 0.1) is 17.2 Å². The molecule has 2 N–H and O–H groups in total. The van der Waals surface area contributed by atoms with Crippen LogP contribution in [-0.2, 0) is 9.53 Å². The van der Waals surface area contributed by atoms with Gasteiger partial charge in [-0.1, -0.05) is 6.92 Å². The predicted molar refractivity (Wildman–Crippen MR) is 64.1 cm³/mol. The van der Waals surface area contributed by atoms with Crippen molar-refractivity contribution in [2.24, 2.45) is 5.73 Å². The highest BCUT2D eigenvalue weighted by atomic mass is 16.5. The number of carbonyl (C=O) groups is 1. The van der Waals surface area contributed by atoms with Crippen molar-refractivity contribution >= 4 is 5.91 Å². The third-order valence-electron chi connectivity index (χ3n) is 2.76. The molecule has 0 aromatic carbocycles. The summed E-state index contributed by atoms with van der Waals surface area (Å²) in [7, 11) is 0. The zero-order valence-electron chi connectivity index (χ0n) is 11.0. The largest absolute Gasteiger partial charge is 0.366 e. The molecule has 94 valence electrons. The van der Waals surface area contributed by atoms with E-state index in [1.165, 1.54) is 0 Å². The lowest BCUT2D eigenvalue weighted by Gasteiger charge is -2.47. The van der Waals surface area contributed by atoms with Crippen molar-refractivity contribution in [2.75, 3.05) is 13.1 Å². The number of carbonyl (C=O) groups excluding carboxylic acids is 1. The van der Waals surface area contributed by atoms with Crippen LogP contribution in [0.4, 0.5) is 0 Å². The summed E-state index contributed by atoms with van der Waals surface area (Å²) in [5, 5.41) is 0. The predicted octanol–water partition coefficient (Wildman–Crippen LogP) is 1.14. The Bertz CT molecular complexity index is 258. The highest BCUT2D eigenvalue weighted by Gasteiger charge is 2.40. The topological polar surface area (TPSA) is 55.6 Å². The van der Waals surface area contributed by atoms with Gasteiger partial charge in [0.1, 0.15) is 0 Å². The first-order valence-electron chi connectivity index (χ1n) is 5.91. The molecule has 0 radical (unpaired) electrons. The molecule has 0 aliphatic carbocycles. The molecule has 0 spiro atoms. The van der Waals surface area contributed by atoms with Crippen molar-refractivity contribution < 1.29 is 9.53 Å². The van der Waals surface area contributed by atoms with Gasteiger partial charge in [-0.05, 0) is 34.1 Å². The second-order valence-electron chi connectivity index (χ2n) is 5.83. The molecule has 0 aromatic heterocycles. The molecule has 1 fully saturated rings. The van der Waals surface area contributed by atoms with Crippen LogP contribution in [0, 0.1) is 0 Å². The van der Waals surface area contributed by atoms with Crippen molar-refractivity contribution in [3.8, 4) is 0 Å². The van der Waals surface area contributed by atoms with Crippen LogP contribution in [0.25, 0.3) is 0 Å². The van der Waals surface area contributed by atoms with Gasteiger partial charge in [-0.25, -0.2) is 0 Å². The van der Waals surface area contributed by atoms with Gasteiger partial charge < -0.3 is 15.4 Å². The fourth-order valence-electron chi connectivity index (χ4n) is 2.35. The number of nitrogens with two attached hydrogens (primary N) is 1.